The maximum absolute atomic E-state index is 4.47. The highest BCUT2D eigenvalue weighted by Gasteiger charge is 2.32. The van der Waals surface area contributed by atoms with Crippen LogP contribution < -0.4 is 5.32 Å². The van der Waals surface area contributed by atoms with Gasteiger partial charge >= 0.3 is 0 Å². The third-order valence-electron chi connectivity index (χ3n) is 3.27. The molecule has 0 bridgehead atoms. The van der Waals surface area contributed by atoms with Gasteiger partial charge in [0.2, 0.25) is 0 Å². The van der Waals surface area contributed by atoms with Crippen molar-refractivity contribution >= 4 is 23.5 Å². The first-order valence-corrected chi connectivity index (χ1v) is 8.48. The fourth-order valence-electron chi connectivity index (χ4n) is 2.10. The summed E-state index contributed by atoms with van der Waals surface area (Å²) in [5.74, 6) is 1.18. The van der Waals surface area contributed by atoms with Gasteiger partial charge in [-0.25, -0.2) is 0 Å². The number of hydrogen-bond donors (Lipinski definition) is 1. The SMILES string of the molecule is CCNC(c1cnccn1)C1CSC(C)C(C)S1. The van der Waals surface area contributed by atoms with E-state index in [2.05, 4.69) is 59.6 Å². The van der Waals surface area contributed by atoms with E-state index >= 15 is 0 Å². The number of thioether (sulfide) groups is 2. The Morgan fingerprint density at radius 3 is 2.83 bits per heavy atom. The van der Waals surface area contributed by atoms with E-state index in [9.17, 15) is 0 Å². The van der Waals surface area contributed by atoms with Crippen LogP contribution in [0, 0.1) is 0 Å². The summed E-state index contributed by atoms with van der Waals surface area (Å²) in [6.07, 6.45) is 5.41. The van der Waals surface area contributed by atoms with E-state index in [0.29, 0.717) is 16.5 Å². The number of nitrogens with zero attached hydrogens (tertiary/aromatic N) is 2. The van der Waals surface area contributed by atoms with Crippen molar-refractivity contribution in [2.45, 2.75) is 42.6 Å². The first-order chi connectivity index (χ1) is 8.72. The highest BCUT2D eigenvalue weighted by Crippen LogP contribution is 2.40. The van der Waals surface area contributed by atoms with Crippen molar-refractivity contribution in [3.63, 3.8) is 0 Å². The average molecular weight is 283 g/mol. The molecular formula is C13H21N3S2. The lowest BCUT2D eigenvalue weighted by molar-refractivity contribution is 0.533. The van der Waals surface area contributed by atoms with E-state index < -0.39 is 0 Å². The minimum atomic E-state index is 0.316. The van der Waals surface area contributed by atoms with Crippen molar-refractivity contribution in [1.29, 1.82) is 0 Å². The second kappa shape index (κ2) is 6.78. The molecule has 1 aromatic rings. The summed E-state index contributed by atoms with van der Waals surface area (Å²) in [6.45, 7) is 7.76. The van der Waals surface area contributed by atoms with Gasteiger partial charge in [0.25, 0.3) is 0 Å². The molecule has 4 atom stereocenters. The zero-order valence-electron chi connectivity index (χ0n) is 11.2. The van der Waals surface area contributed by atoms with E-state index in [4.69, 9.17) is 0 Å². The van der Waals surface area contributed by atoms with E-state index in [1.54, 1.807) is 12.4 Å². The van der Waals surface area contributed by atoms with Crippen LogP contribution in [0.2, 0.25) is 0 Å². The average Bonchev–Trinajstić information content (AvgIpc) is 2.40. The number of hydrogen-bond acceptors (Lipinski definition) is 5. The molecule has 1 aromatic heterocycles. The normalized spacial score (nSPS) is 30.1. The van der Waals surface area contributed by atoms with Gasteiger partial charge in [0, 0.05) is 33.9 Å². The Kier molecular flexibility index (Phi) is 5.33. The van der Waals surface area contributed by atoms with Gasteiger partial charge in [0.1, 0.15) is 0 Å². The van der Waals surface area contributed by atoms with Crippen LogP contribution >= 0.6 is 23.5 Å². The summed E-state index contributed by atoms with van der Waals surface area (Å²) in [4.78, 5) is 8.67. The Morgan fingerprint density at radius 1 is 1.39 bits per heavy atom. The Bertz CT molecular complexity index is 361. The molecule has 1 aliphatic rings. The van der Waals surface area contributed by atoms with Gasteiger partial charge < -0.3 is 5.32 Å². The molecule has 0 radical (unpaired) electrons. The summed E-state index contributed by atoms with van der Waals surface area (Å²) in [6, 6.07) is 0.316. The second-order valence-corrected chi connectivity index (χ2v) is 7.62. The topological polar surface area (TPSA) is 37.8 Å². The predicted molar refractivity (Wildman–Crippen MR) is 81.2 cm³/mol. The van der Waals surface area contributed by atoms with Crippen LogP contribution in [0.15, 0.2) is 18.6 Å². The molecule has 2 rings (SSSR count). The molecule has 1 N–H and O–H groups in total. The molecule has 0 saturated carbocycles. The Morgan fingerprint density at radius 2 is 2.22 bits per heavy atom. The second-order valence-electron chi connectivity index (χ2n) is 4.58. The van der Waals surface area contributed by atoms with Crippen LogP contribution in [0.3, 0.4) is 0 Å². The zero-order chi connectivity index (χ0) is 13.0. The van der Waals surface area contributed by atoms with Crippen LogP contribution in [0.25, 0.3) is 0 Å². The van der Waals surface area contributed by atoms with Gasteiger partial charge in [0.15, 0.2) is 0 Å². The largest absolute Gasteiger partial charge is 0.308 e. The summed E-state index contributed by atoms with van der Waals surface area (Å²) < 4.78 is 0. The maximum atomic E-state index is 4.47. The molecule has 0 amide bonds. The van der Waals surface area contributed by atoms with E-state index in [1.165, 1.54) is 5.75 Å². The van der Waals surface area contributed by atoms with Crippen molar-refractivity contribution in [2.75, 3.05) is 12.3 Å². The van der Waals surface area contributed by atoms with Gasteiger partial charge in [-0.05, 0) is 6.54 Å². The van der Waals surface area contributed by atoms with Gasteiger partial charge in [0.05, 0.1) is 17.9 Å². The van der Waals surface area contributed by atoms with Crippen LogP contribution in [-0.2, 0) is 0 Å². The van der Waals surface area contributed by atoms with Gasteiger partial charge in [-0.15, -0.1) is 0 Å². The summed E-state index contributed by atoms with van der Waals surface area (Å²) in [5, 5.41) is 5.59. The molecule has 1 saturated heterocycles. The van der Waals surface area contributed by atoms with Gasteiger partial charge in [-0.1, -0.05) is 20.8 Å². The van der Waals surface area contributed by atoms with Crippen LogP contribution in [0.1, 0.15) is 32.5 Å². The van der Waals surface area contributed by atoms with Gasteiger partial charge in [-0.3, -0.25) is 9.97 Å². The third kappa shape index (κ3) is 3.39. The summed E-state index contributed by atoms with van der Waals surface area (Å²) in [7, 11) is 0. The highest BCUT2D eigenvalue weighted by molar-refractivity contribution is 8.07. The van der Waals surface area contributed by atoms with E-state index in [1.807, 2.05) is 6.20 Å². The minimum absolute atomic E-state index is 0.316. The number of aromatic nitrogens is 2. The summed E-state index contributed by atoms with van der Waals surface area (Å²) in [5.41, 5.74) is 1.07. The van der Waals surface area contributed by atoms with E-state index in [0.717, 1.165) is 17.5 Å². The predicted octanol–water partition coefficient (Wildman–Crippen LogP) is 2.75. The monoisotopic (exact) mass is 283 g/mol. The fourth-order valence-corrected chi connectivity index (χ4v) is 5.20. The van der Waals surface area contributed by atoms with Crippen molar-refractivity contribution in [3.05, 3.63) is 24.3 Å². The summed E-state index contributed by atoms with van der Waals surface area (Å²) >= 11 is 4.16. The first-order valence-electron chi connectivity index (χ1n) is 6.48. The molecule has 1 fully saturated rings. The van der Waals surface area contributed by atoms with Crippen molar-refractivity contribution in [1.82, 2.24) is 15.3 Å². The van der Waals surface area contributed by atoms with Gasteiger partial charge in [-0.2, -0.15) is 23.5 Å². The Labute approximate surface area is 118 Å². The molecule has 3 nitrogen and oxygen atoms in total. The molecule has 4 unspecified atom stereocenters. The number of rotatable bonds is 4. The molecule has 18 heavy (non-hydrogen) atoms. The molecular weight excluding hydrogens is 262 g/mol. The Balaban J connectivity index is 2.11. The van der Waals surface area contributed by atoms with E-state index in [-0.39, 0.29) is 0 Å². The molecule has 5 heteroatoms. The smallest absolute Gasteiger partial charge is 0.0767 e. The van der Waals surface area contributed by atoms with Crippen LogP contribution in [0.5, 0.6) is 0 Å². The van der Waals surface area contributed by atoms with Crippen molar-refractivity contribution in [3.8, 4) is 0 Å². The van der Waals surface area contributed by atoms with Crippen LogP contribution in [-0.4, -0.2) is 38.0 Å². The molecule has 2 heterocycles. The molecule has 0 aromatic carbocycles. The first kappa shape index (κ1) is 14.2. The lowest BCUT2D eigenvalue weighted by Crippen LogP contribution is -2.37. The number of nitrogens with one attached hydrogen (secondary N) is 1. The van der Waals surface area contributed by atoms with Crippen LogP contribution in [0.4, 0.5) is 0 Å². The minimum Gasteiger partial charge on any atom is -0.308 e. The van der Waals surface area contributed by atoms with Crippen molar-refractivity contribution in [2.24, 2.45) is 0 Å². The lowest BCUT2D eigenvalue weighted by Gasteiger charge is -2.35. The lowest BCUT2D eigenvalue weighted by atomic mass is 10.1. The molecule has 1 aliphatic heterocycles. The van der Waals surface area contributed by atoms with Crippen molar-refractivity contribution < 1.29 is 0 Å². The Hall–Kier alpha value is -0.260. The molecule has 0 spiro atoms. The quantitative estimate of drug-likeness (QED) is 0.920. The standard InChI is InChI=1S/C13H21N3S2/c1-4-15-13(11-7-14-5-6-16-11)12-8-17-9(2)10(3)18-12/h5-7,9-10,12-13,15H,4,8H2,1-3H3. The molecule has 100 valence electrons. The highest BCUT2D eigenvalue weighted by atomic mass is 32.2. The molecule has 0 aliphatic carbocycles. The maximum Gasteiger partial charge on any atom is 0.0767 e. The fraction of sp³-hybridized carbons (Fsp3) is 0.692. The third-order valence-corrected chi connectivity index (χ3v) is 6.77. The zero-order valence-corrected chi connectivity index (χ0v) is 12.8.